The molecule has 0 amide bonds. The van der Waals surface area contributed by atoms with Crippen LogP contribution in [0.1, 0.15) is 37.2 Å². The van der Waals surface area contributed by atoms with Gasteiger partial charge < -0.3 is 4.57 Å². The van der Waals surface area contributed by atoms with Gasteiger partial charge in [0.25, 0.3) is 0 Å². The second-order valence-electron chi connectivity index (χ2n) is 3.91. The predicted molar refractivity (Wildman–Crippen MR) is 75.7 cm³/mol. The summed E-state index contributed by atoms with van der Waals surface area (Å²) >= 11 is 0. The maximum absolute atomic E-state index is 4.46. The van der Waals surface area contributed by atoms with Crippen LogP contribution in [-0.2, 0) is 7.05 Å². The van der Waals surface area contributed by atoms with E-state index in [-0.39, 0.29) is 0 Å². The Kier molecular flexibility index (Phi) is 4.95. The van der Waals surface area contributed by atoms with Gasteiger partial charge in [0.15, 0.2) is 0 Å². The Labute approximate surface area is 104 Å². The monoisotopic (exact) mass is 230 g/mol. The Morgan fingerprint density at radius 2 is 1.88 bits per heavy atom. The van der Waals surface area contributed by atoms with Gasteiger partial charge in [0.05, 0.1) is 11.4 Å². The van der Waals surface area contributed by atoms with Gasteiger partial charge in [0.2, 0.25) is 0 Å². The van der Waals surface area contributed by atoms with Crippen molar-refractivity contribution in [2.45, 2.75) is 34.1 Å². The van der Waals surface area contributed by atoms with E-state index in [1.165, 1.54) is 17.0 Å². The zero-order valence-corrected chi connectivity index (χ0v) is 11.5. The standard InChI is InChI=1S/C13H16N2.C2H6/c1-10-9-13(15(3)11(10)2)12-7-5-4-6-8-14-12;1-2/h4-6,8-9H,7H2,1-3H3;1-2H3. The average Bonchev–Trinajstić information content (AvgIpc) is 2.60. The number of aliphatic imine (C=N–C) groups is 1. The molecular formula is C15H22N2. The number of hydrogen-bond acceptors (Lipinski definition) is 1. The topological polar surface area (TPSA) is 17.3 Å². The number of hydrogen-bond donors (Lipinski definition) is 0. The van der Waals surface area contributed by atoms with Gasteiger partial charge in [-0.05, 0) is 31.6 Å². The van der Waals surface area contributed by atoms with Crippen LogP contribution in [0.3, 0.4) is 0 Å². The lowest BCUT2D eigenvalue weighted by Crippen LogP contribution is -2.06. The van der Waals surface area contributed by atoms with E-state index in [2.05, 4.69) is 42.6 Å². The molecule has 1 aliphatic rings. The van der Waals surface area contributed by atoms with E-state index < -0.39 is 0 Å². The Balaban J connectivity index is 0.000000686. The Morgan fingerprint density at radius 1 is 1.18 bits per heavy atom. The van der Waals surface area contributed by atoms with Gasteiger partial charge >= 0.3 is 0 Å². The third-order valence-corrected chi connectivity index (χ3v) is 2.96. The van der Waals surface area contributed by atoms with E-state index in [9.17, 15) is 0 Å². The minimum absolute atomic E-state index is 0.906. The molecule has 0 unspecified atom stereocenters. The number of aryl methyl sites for hydroxylation is 1. The molecule has 1 aromatic heterocycles. The first-order valence-corrected chi connectivity index (χ1v) is 6.22. The smallest absolute Gasteiger partial charge is 0.0677 e. The summed E-state index contributed by atoms with van der Waals surface area (Å²) in [4.78, 5) is 4.46. The summed E-state index contributed by atoms with van der Waals surface area (Å²) in [5, 5.41) is 0. The molecule has 2 heterocycles. The number of allylic oxidation sites excluding steroid dienone is 3. The molecule has 0 radical (unpaired) electrons. The lowest BCUT2D eigenvalue weighted by atomic mass is 10.2. The van der Waals surface area contributed by atoms with Gasteiger partial charge in [-0.15, -0.1) is 0 Å². The molecular weight excluding hydrogens is 208 g/mol. The molecule has 0 fully saturated rings. The normalized spacial score (nSPS) is 13.8. The number of aromatic nitrogens is 1. The maximum Gasteiger partial charge on any atom is 0.0677 e. The third kappa shape index (κ3) is 2.96. The van der Waals surface area contributed by atoms with Gasteiger partial charge in [-0.25, -0.2) is 0 Å². The fourth-order valence-corrected chi connectivity index (χ4v) is 1.79. The largest absolute Gasteiger partial charge is 0.347 e. The van der Waals surface area contributed by atoms with Gasteiger partial charge in [-0.2, -0.15) is 0 Å². The van der Waals surface area contributed by atoms with Crippen LogP contribution < -0.4 is 0 Å². The summed E-state index contributed by atoms with van der Waals surface area (Å²) in [6.07, 6.45) is 8.91. The Bertz CT molecular complexity index is 460. The molecule has 0 spiro atoms. The lowest BCUT2D eigenvalue weighted by molar-refractivity contribution is 0.864. The van der Waals surface area contributed by atoms with Crippen LogP contribution in [0.4, 0.5) is 0 Å². The molecule has 0 aliphatic carbocycles. The zero-order valence-electron chi connectivity index (χ0n) is 11.5. The van der Waals surface area contributed by atoms with E-state index in [0.29, 0.717) is 0 Å². The zero-order chi connectivity index (χ0) is 12.8. The Hall–Kier alpha value is -1.57. The van der Waals surface area contributed by atoms with Crippen molar-refractivity contribution in [2.24, 2.45) is 12.0 Å². The van der Waals surface area contributed by atoms with Gasteiger partial charge in [-0.1, -0.05) is 26.0 Å². The van der Waals surface area contributed by atoms with E-state index in [1.807, 2.05) is 32.2 Å². The van der Waals surface area contributed by atoms with Crippen molar-refractivity contribution in [1.82, 2.24) is 4.57 Å². The molecule has 2 rings (SSSR count). The molecule has 0 aromatic carbocycles. The van der Waals surface area contributed by atoms with Crippen molar-refractivity contribution in [2.75, 3.05) is 0 Å². The highest BCUT2D eigenvalue weighted by molar-refractivity contribution is 6.01. The molecule has 0 atom stereocenters. The molecule has 17 heavy (non-hydrogen) atoms. The van der Waals surface area contributed by atoms with Gasteiger partial charge in [0, 0.05) is 25.4 Å². The van der Waals surface area contributed by atoms with Gasteiger partial charge in [0.1, 0.15) is 0 Å². The van der Waals surface area contributed by atoms with Gasteiger partial charge in [-0.3, -0.25) is 4.99 Å². The van der Waals surface area contributed by atoms with Crippen molar-refractivity contribution >= 4 is 5.71 Å². The summed E-state index contributed by atoms with van der Waals surface area (Å²) in [5.41, 5.74) is 5.00. The summed E-state index contributed by atoms with van der Waals surface area (Å²) in [5.74, 6) is 0. The number of rotatable bonds is 1. The van der Waals surface area contributed by atoms with E-state index in [1.54, 1.807) is 0 Å². The highest BCUT2D eigenvalue weighted by Crippen LogP contribution is 2.16. The molecule has 0 saturated heterocycles. The minimum atomic E-state index is 0.906. The fourth-order valence-electron chi connectivity index (χ4n) is 1.79. The fraction of sp³-hybridized carbons (Fsp3) is 0.400. The molecule has 2 nitrogen and oxygen atoms in total. The van der Waals surface area contributed by atoms with Crippen LogP contribution in [0.25, 0.3) is 0 Å². The summed E-state index contributed by atoms with van der Waals surface area (Å²) in [7, 11) is 2.10. The van der Waals surface area contributed by atoms with E-state index in [0.717, 1.165) is 12.1 Å². The molecule has 0 saturated carbocycles. The van der Waals surface area contributed by atoms with Crippen LogP contribution in [0.15, 0.2) is 35.5 Å². The lowest BCUT2D eigenvalue weighted by Gasteiger charge is -2.05. The van der Waals surface area contributed by atoms with E-state index >= 15 is 0 Å². The van der Waals surface area contributed by atoms with Crippen LogP contribution in [0.2, 0.25) is 0 Å². The minimum Gasteiger partial charge on any atom is -0.347 e. The van der Waals surface area contributed by atoms with Crippen LogP contribution in [0.5, 0.6) is 0 Å². The van der Waals surface area contributed by atoms with Crippen LogP contribution >= 0.6 is 0 Å². The average molecular weight is 230 g/mol. The summed E-state index contributed by atoms with van der Waals surface area (Å²) in [6.45, 7) is 8.28. The summed E-state index contributed by atoms with van der Waals surface area (Å²) < 4.78 is 2.21. The van der Waals surface area contributed by atoms with Crippen molar-refractivity contribution in [3.63, 3.8) is 0 Å². The molecule has 92 valence electrons. The van der Waals surface area contributed by atoms with Crippen molar-refractivity contribution in [3.8, 4) is 0 Å². The van der Waals surface area contributed by atoms with Crippen LogP contribution in [0, 0.1) is 13.8 Å². The molecule has 2 heteroatoms. The predicted octanol–water partition coefficient (Wildman–Crippen LogP) is 3.93. The quantitative estimate of drug-likeness (QED) is 0.695. The second-order valence-corrected chi connectivity index (χ2v) is 3.91. The van der Waals surface area contributed by atoms with Crippen molar-refractivity contribution < 1.29 is 0 Å². The highest BCUT2D eigenvalue weighted by Gasteiger charge is 2.10. The Morgan fingerprint density at radius 3 is 2.47 bits per heavy atom. The molecule has 1 aliphatic heterocycles. The van der Waals surface area contributed by atoms with Crippen molar-refractivity contribution in [3.05, 3.63) is 47.4 Å². The molecule has 0 N–H and O–H groups in total. The molecule has 1 aromatic rings. The van der Waals surface area contributed by atoms with E-state index in [4.69, 9.17) is 0 Å². The highest BCUT2D eigenvalue weighted by atomic mass is 15.0. The first-order chi connectivity index (χ1) is 8.20. The first-order valence-electron chi connectivity index (χ1n) is 6.22. The van der Waals surface area contributed by atoms with Crippen molar-refractivity contribution in [1.29, 1.82) is 0 Å². The SMILES string of the molecule is CC.Cc1cc(C2=NC=CC=CC2)n(C)c1C. The number of nitrogens with zero attached hydrogens (tertiary/aromatic N) is 2. The van der Waals surface area contributed by atoms with Crippen LogP contribution in [-0.4, -0.2) is 10.3 Å². The molecule has 0 bridgehead atoms. The third-order valence-electron chi connectivity index (χ3n) is 2.96. The first kappa shape index (κ1) is 13.5. The second kappa shape index (κ2) is 6.24. The summed E-state index contributed by atoms with van der Waals surface area (Å²) in [6, 6.07) is 2.21. The maximum atomic E-state index is 4.46.